The van der Waals surface area contributed by atoms with Crippen molar-refractivity contribution in [3.05, 3.63) is 0 Å². The molecule has 3 nitrogen and oxygen atoms in total. The van der Waals surface area contributed by atoms with E-state index in [0.29, 0.717) is 6.04 Å². The highest BCUT2D eigenvalue weighted by molar-refractivity contribution is 5.76. The van der Waals surface area contributed by atoms with Crippen molar-refractivity contribution in [3.8, 4) is 0 Å². The second-order valence-electron chi connectivity index (χ2n) is 4.28. The summed E-state index contributed by atoms with van der Waals surface area (Å²) in [5.41, 5.74) is 0. The van der Waals surface area contributed by atoms with Crippen molar-refractivity contribution >= 4 is 5.91 Å². The fourth-order valence-electron chi connectivity index (χ4n) is 2.54. The number of fused-ring (bicyclic) bond motifs is 1. The lowest BCUT2D eigenvalue weighted by Crippen LogP contribution is -2.48. The molecule has 68 valence electrons. The van der Waals surface area contributed by atoms with Gasteiger partial charge in [-0.2, -0.15) is 0 Å². The number of hydrogen-bond donors (Lipinski definition) is 1. The number of hydrogen-bond acceptors (Lipinski definition) is 1. The summed E-state index contributed by atoms with van der Waals surface area (Å²) in [5, 5.41) is 2.94. The van der Waals surface area contributed by atoms with Gasteiger partial charge in [0.1, 0.15) is 0 Å². The van der Waals surface area contributed by atoms with E-state index in [-0.39, 0.29) is 5.91 Å². The average Bonchev–Trinajstić information content (AvgIpc) is 2.27. The first kappa shape index (κ1) is 8.05. The summed E-state index contributed by atoms with van der Waals surface area (Å²) in [6.07, 6.45) is 3.29. The van der Waals surface area contributed by atoms with Gasteiger partial charge in [-0.05, 0) is 0 Å². The molecule has 0 bridgehead atoms. The van der Waals surface area contributed by atoms with Crippen LogP contribution in [0.5, 0.6) is 0 Å². The zero-order chi connectivity index (χ0) is 8.60. The predicted octanol–water partition coefficient (Wildman–Crippen LogP) is 0.115. The van der Waals surface area contributed by atoms with Crippen LogP contribution in [0.2, 0.25) is 0 Å². The lowest BCUT2D eigenvalue weighted by Gasteiger charge is -2.33. The summed E-state index contributed by atoms with van der Waals surface area (Å²) < 4.78 is 1.12. The summed E-state index contributed by atoms with van der Waals surface area (Å²) in [7, 11) is 2.29. The van der Waals surface area contributed by atoms with Crippen molar-refractivity contribution in [2.45, 2.75) is 25.3 Å². The Labute approximate surface area is 73.3 Å². The van der Waals surface area contributed by atoms with Gasteiger partial charge < -0.3 is 9.80 Å². The van der Waals surface area contributed by atoms with Gasteiger partial charge in [-0.1, -0.05) is 0 Å². The van der Waals surface area contributed by atoms with E-state index >= 15 is 0 Å². The van der Waals surface area contributed by atoms with Gasteiger partial charge >= 0.3 is 0 Å². The standard InChI is InChI=1S/C9H16N2O/c1-11-5-2-3-8(11)7-9(12)10-4-6-11/h8H,2-7H2,1H3/p+1. The molecule has 2 aliphatic rings. The molecule has 3 heteroatoms. The van der Waals surface area contributed by atoms with Gasteiger partial charge in [-0.15, -0.1) is 0 Å². The molecule has 0 saturated carbocycles. The second-order valence-corrected chi connectivity index (χ2v) is 4.28. The van der Waals surface area contributed by atoms with Gasteiger partial charge in [0.25, 0.3) is 0 Å². The largest absolute Gasteiger partial charge is 0.350 e. The Balaban J connectivity index is 2.15. The second kappa shape index (κ2) is 2.73. The van der Waals surface area contributed by atoms with Crippen LogP contribution in [0, 0.1) is 0 Å². The van der Waals surface area contributed by atoms with Crippen LogP contribution >= 0.6 is 0 Å². The van der Waals surface area contributed by atoms with E-state index in [9.17, 15) is 4.79 Å². The molecule has 1 N–H and O–H groups in total. The highest BCUT2D eigenvalue weighted by atomic mass is 16.1. The number of quaternary nitrogens is 1. The summed E-state index contributed by atoms with van der Waals surface area (Å²) >= 11 is 0. The molecule has 2 atom stereocenters. The SMILES string of the molecule is C[N+]12CCCC1CC(=O)NCC2. The first-order valence-electron chi connectivity index (χ1n) is 4.82. The van der Waals surface area contributed by atoms with Crippen molar-refractivity contribution in [1.29, 1.82) is 0 Å². The van der Waals surface area contributed by atoms with Gasteiger partial charge in [0.05, 0.1) is 39.1 Å². The molecule has 0 aliphatic carbocycles. The van der Waals surface area contributed by atoms with Crippen molar-refractivity contribution in [2.75, 3.05) is 26.7 Å². The quantitative estimate of drug-likeness (QED) is 0.513. The monoisotopic (exact) mass is 169 g/mol. The molecule has 2 fully saturated rings. The van der Waals surface area contributed by atoms with E-state index < -0.39 is 0 Å². The molecular weight excluding hydrogens is 152 g/mol. The van der Waals surface area contributed by atoms with E-state index in [0.717, 1.165) is 24.0 Å². The van der Waals surface area contributed by atoms with Crippen LogP contribution in [0.1, 0.15) is 19.3 Å². The van der Waals surface area contributed by atoms with E-state index in [4.69, 9.17) is 0 Å². The summed E-state index contributed by atoms with van der Waals surface area (Å²) in [5.74, 6) is 0.253. The summed E-state index contributed by atoms with van der Waals surface area (Å²) in [6.45, 7) is 3.25. The van der Waals surface area contributed by atoms with Crippen LogP contribution in [0.25, 0.3) is 0 Å². The molecule has 0 spiro atoms. The van der Waals surface area contributed by atoms with Gasteiger partial charge in [0.2, 0.25) is 5.91 Å². The van der Waals surface area contributed by atoms with Gasteiger partial charge in [0.15, 0.2) is 0 Å². The maximum Gasteiger partial charge on any atom is 0.226 e. The van der Waals surface area contributed by atoms with E-state index in [1.807, 2.05) is 0 Å². The molecule has 2 rings (SSSR count). The van der Waals surface area contributed by atoms with Crippen LogP contribution in [0.15, 0.2) is 0 Å². The van der Waals surface area contributed by atoms with Crippen molar-refractivity contribution in [2.24, 2.45) is 0 Å². The molecule has 0 aromatic heterocycles. The average molecular weight is 169 g/mol. The van der Waals surface area contributed by atoms with Gasteiger partial charge in [0, 0.05) is 12.8 Å². The van der Waals surface area contributed by atoms with Crippen molar-refractivity contribution in [1.82, 2.24) is 5.32 Å². The first-order valence-corrected chi connectivity index (χ1v) is 4.82. The minimum Gasteiger partial charge on any atom is -0.350 e. The Morgan fingerprint density at radius 2 is 2.33 bits per heavy atom. The number of carbonyl (C=O) groups excluding carboxylic acids is 1. The van der Waals surface area contributed by atoms with E-state index in [1.165, 1.54) is 19.4 Å². The normalized spacial score (nSPS) is 41.8. The van der Waals surface area contributed by atoms with Crippen molar-refractivity contribution < 1.29 is 9.28 Å². The maximum atomic E-state index is 11.2. The summed E-state index contributed by atoms with van der Waals surface area (Å²) in [4.78, 5) is 11.2. The topological polar surface area (TPSA) is 29.1 Å². The number of nitrogens with zero attached hydrogens (tertiary/aromatic N) is 1. The Kier molecular flexibility index (Phi) is 1.83. The van der Waals surface area contributed by atoms with E-state index in [2.05, 4.69) is 12.4 Å². The predicted molar refractivity (Wildman–Crippen MR) is 46.6 cm³/mol. The third-order valence-electron chi connectivity index (χ3n) is 3.45. The zero-order valence-electron chi connectivity index (χ0n) is 7.68. The highest BCUT2D eigenvalue weighted by Crippen LogP contribution is 2.27. The van der Waals surface area contributed by atoms with Gasteiger partial charge in [-0.25, -0.2) is 0 Å². The third kappa shape index (κ3) is 1.22. The fourth-order valence-corrected chi connectivity index (χ4v) is 2.54. The Bertz CT molecular complexity index is 205. The molecule has 0 aromatic carbocycles. The minimum atomic E-state index is 0.253. The fraction of sp³-hybridized carbons (Fsp3) is 0.889. The molecule has 0 aromatic rings. The van der Waals surface area contributed by atoms with Crippen LogP contribution in [-0.2, 0) is 4.79 Å². The Morgan fingerprint density at radius 1 is 1.50 bits per heavy atom. The molecule has 2 unspecified atom stereocenters. The molecule has 2 aliphatic heterocycles. The minimum absolute atomic E-state index is 0.253. The lowest BCUT2D eigenvalue weighted by molar-refractivity contribution is -0.918. The van der Waals surface area contributed by atoms with Crippen LogP contribution in [0.4, 0.5) is 0 Å². The third-order valence-corrected chi connectivity index (χ3v) is 3.45. The number of rotatable bonds is 0. The molecule has 2 heterocycles. The molecule has 2 saturated heterocycles. The first-order chi connectivity index (χ1) is 5.71. The smallest absolute Gasteiger partial charge is 0.226 e. The molecule has 0 radical (unpaired) electrons. The zero-order valence-corrected chi connectivity index (χ0v) is 7.68. The van der Waals surface area contributed by atoms with Gasteiger partial charge in [-0.3, -0.25) is 4.79 Å². The summed E-state index contributed by atoms with van der Waals surface area (Å²) in [6, 6.07) is 0.604. The molecule has 12 heavy (non-hydrogen) atoms. The Hall–Kier alpha value is -0.570. The molecule has 1 amide bonds. The number of carbonyl (C=O) groups is 1. The highest BCUT2D eigenvalue weighted by Gasteiger charge is 2.40. The van der Waals surface area contributed by atoms with E-state index in [1.54, 1.807) is 0 Å². The van der Waals surface area contributed by atoms with Crippen LogP contribution in [0.3, 0.4) is 0 Å². The molecular formula is C9H17N2O+. The van der Waals surface area contributed by atoms with Crippen LogP contribution in [-0.4, -0.2) is 43.1 Å². The number of likely N-dealkylation sites (N-methyl/N-ethyl adjacent to an activating group) is 1. The Morgan fingerprint density at radius 3 is 3.17 bits per heavy atom. The van der Waals surface area contributed by atoms with Crippen LogP contribution < -0.4 is 5.32 Å². The number of nitrogens with one attached hydrogen (secondary N) is 1. The maximum absolute atomic E-state index is 11.2. The van der Waals surface area contributed by atoms with Crippen molar-refractivity contribution in [3.63, 3.8) is 0 Å². The number of amides is 1. The lowest BCUT2D eigenvalue weighted by atomic mass is 10.1.